The van der Waals surface area contributed by atoms with Crippen molar-refractivity contribution in [1.82, 2.24) is 9.97 Å². The van der Waals surface area contributed by atoms with Gasteiger partial charge in [0.15, 0.2) is 5.78 Å². The minimum Gasteiger partial charge on any atom is -0.348 e. The van der Waals surface area contributed by atoms with Crippen molar-refractivity contribution in [2.45, 2.75) is 32.0 Å². The first-order valence-corrected chi connectivity index (χ1v) is 9.43. The highest BCUT2D eigenvalue weighted by Crippen LogP contribution is 2.29. The second-order valence-corrected chi connectivity index (χ2v) is 7.17. The average Bonchev–Trinajstić information content (AvgIpc) is 3.21. The molecule has 0 bridgehead atoms. The maximum absolute atomic E-state index is 12.7. The average molecular weight is 413 g/mol. The van der Waals surface area contributed by atoms with Crippen LogP contribution in [0.2, 0.25) is 0 Å². The molecule has 156 valence electrons. The molecule has 0 saturated carbocycles. The predicted molar refractivity (Wildman–Crippen MR) is 110 cm³/mol. The molecule has 0 amide bonds. The molecular weight excluding hydrogens is 391 g/mol. The maximum Gasteiger partial charge on any atom is 0.416 e. The van der Waals surface area contributed by atoms with Crippen LogP contribution in [0.3, 0.4) is 0 Å². The standard InChI is InChI=1S/C23H22F3N3O/c1-15(10-16-4-8-19(9-5-16)23(24,25)26)18-6-2-17(3-7-18)11-22(30)21(27)12-20-13-28-14-29-20/h2-10,13-14,21H,11-12,27H2,1H3,(H,28,29)/b15-10+/t21-/m0/s1. The Morgan fingerprint density at radius 1 is 1.13 bits per heavy atom. The number of imidazole rings is 1. The molecule has 0 aliphatic rings. The molecule has 3 rings (SSSR count). The smallest absolute Gasteiger partial charge is 0.348 e. The molecule has 0 aliphatic carbocycles. The second-order valence-electron chi connectivity index (χ2n) is 7.17. The third-order valence-electron chi connectivity index (χ3n) is 4.82. The number of hydrogen-bond acceptors (Lipinski definition) is 3. The van der Waals surface area contributed by atoms with Gasteiger partial charge in [0.05, 0.1) is 17.9 Å². The Bertz CT molecular complexity index is 1010. The van der Waals surface area contributed by atoms with E-state index in [0.717, 1.165) is 34.5 Å². The van der Waals surface area contributed by atoms with Gasteiger partial charge < -0.3 is 10.7 Å². The number of hydrogen-bond donors (Lipinski definition) is 2. The summed E-state index contributed by atoms with van der Waals surface area (Å²) in [5.41, 5.74) is 9.49. The van der Waals surface area contributed by atoms with Crippen LogP contribution in [0.1, 0.15) is 34.9 Å². The fourth-order valence-electron chi connectivity index (χ4n) is 3.07. The summed E-state index contributed by atoms with van der Waals surface area (Å²) < 4.78 is 38.0. The number of rotatable bonds is 7. The topological polar surface area (TPSA) is 71.8 Å². The number of halogens is 3. The number of carbonyl (C=O) groups is 1. The van der Waals surface area contributed by atoms with E-state index >= 15 is 0 Å². The van der Waals surface area contributed by atoms with Crippen LogP contribution in [0.5, 0.6) is 0 Å². The number of benzene rings is 2. The van der Waals surface area contributed by atoms with Crippen molar-refractivity contribution >= 4 is 17.4 Å². The van der Waals surface area contributed by atoms with Crippen LogP contribution in [0.15, 0.2) is 61.1 Å². The molecule has 0 radical (unpaired) electrons. The minimum absolute atomic E-state index is 0.0608. The third-order valence-corrected chi connectivity index (χ3v) is 4.82. The van der Waals surface area contributed by atoms with E-state index in [1.54, 1.807) is 12.5 Å². The Morgan fingerprint density at radius 3 is 2.37 bits per heavy atom. The number of aromatic amines is 1. The summed E-state index contributed by atoms with van der Waals surface area (Å²) in [6.45, 7) is 1.89. The summed E-state index contributed by atoms with van der Waals surface area (Å²) in [5, 5.41) is 0. The van der Waals surface area contributed by atoms with Gasteiger partial charge in [0, 0.05) is 24.7 Å². The number of allylic oxidation sites excluding steroid dienone is 1. The monoisotopic (exact) mass is 413 g/mol. The summed E-state index contributed by atoms with van der Waals surface area (Å²) in [7, 11) is 0. The van der Waals surface area contributed by atoms with Gasteiger partial charge in [-0.15, -0.1) is 0 Å². The van der Waals surface area contributed by atoms with E-state index in [1.807, 2.05) is 37.3 Å². The number of nitrogens with one attached hydrogen (secondary N) is 1. The van der Waals surface area contributed by atoms with Crippen LogP contribution in [0.4, 0.5) is 13.2 Å². The Kier molecular flexibility index (Phi) is 6.52. The first-order valence-electron chi connectivity index (χ1n) is 9.43. The first kappa shape index (κ1) is 21.5. The van der Waals surface area contributed by atoms with E-state index in [2.05, 4.69) is 9.97 Å². The minimum atomic E-state index is -4.34. The van der Waals surface area contributed by atoms with Crippen molar-refractivity contribution in [3.05, 3.63) is 89.0 Å². The van der Waals surface area contributed by atoms with E-state index in [1.165, 1.54) is 12.1 Å². The van der Waals surface area contributed by atoms with Crippen molar-refractivity contribution in [2.75, 3.05) is 0 Å². The van der Waals surface area contributed by atoms with Gasteiger partial charge in [-0.1, -0.05) is 42.5 Å². The highest BCUT2D eigenvalue weighted by atomic mass is 19.4. The number of Topliss-reactive ketones (excluding diaryl/α,β-unsaturated/α-hetero) is 1. The summed E-state index contributed by atoms with van der Waals surface area (Å²) in [4.78, 5) is 19.2. The summed E-state index contributed by atoms with van der Waals surface area (Å²) in [5.74, 6) is -0.0608. The van der Waals surface area contributed by atoms with Crippen molar-refractivity contribution in [3.63, 3.8) is 0 Å². The molecule has 1 heterocycles. The van der Waals surface area contributed by atoms with E-state index in [-0.39, 0.29) is 12.2 Å². The van der Waals surface area contributed by atoms with Crippen molar-refractivity contribution in [2.24, 2.45) is 5.73 Å². The second kappa shape index (κ2) is 9.09. The predicted octanol–water partition coefficient (Wildman–Crippen LogP) is 4.67. The van der Waals surface area contributed by atoms with Gasteiger partial charge in [-0.25, -0.2) is 4.98 Å². The summed E-state index contributed by atoms with van der Waals surface area (Å²) >= 11 is 0. The number of nitrogens with two attached hydrogens (primary N) is 1. The van der Waals surface area contributed by atoms with Crippen molar-refractivity contribution in [3.8, 4) is 0 Å². The maximum atomic E-state index is 12.7. The molecule has 0 saturated heterocycles. The number of ketones is 1. The van der Waals surface area contributed by atoms with Gasteiger partial charge in [-0.3, -0.25) is 4.79 Å². The fourth-order valence-corrected chi connectivity index (χ4v) is 3.07. The lowest BCUT2D eigenvalue weighted by Crippen LogP contribution is -2.34. The molecule has 1 atom stereocenters. The summed E-state index contributed by atoms with van der Waals surface area (Å²) in [6.07, 6.45) is 1.31. The lowest BCUT2D eigenvalue weighted by molar-refractivity contribution is -0.137. The Hall–Kier alpha value is -3.19. The molecule has 4 nitrogen and oxygen atoms in total. The van der Waals surface area contributed by atoms with Crippen LogP contribution in [0.25, 0.3) is 11.6 Å². The summed E-state index contributed by atoms with van der Waals surface area (Å²) in [6, 6.07) is 11.9. The van der Waals surface area contributed by atoms with Crippen LogP contribution < -0.4 is 5.73 Å². The quantitative estimate of drug-likeness (QED) is 0.553. The van der Waals surface area contributed by atoms with Gasteiger partial charge in [-0.05, 0) is 41.3 Å². The zero-order valence-electron chi connectivity index (χ0n) is 16.4. The SMILES string of the molecule is C/C(=C\c1ccc(C(F)(F)F)cc1)c1ccc(CC(=O)[C@@H](N)Cc2cnc[nH]2)cc1. The Morgan fingerprint density at radius 2 is 1.80 bits per heavy atom. The molecule has 7 heteroatoms. The normalized spacial score (nSPS) is 13.3. The van der Waals surface area contributed by atoms with E-state index in [9.17, 15) is 18.0 Å². The largest absolute Gasteiger partial charge is 0.416 e. The molecule has 30 heavy (non-hydrogen) atoms. The molecule has 2 aromatic carbocycles. The van der Waals surface area contributed by atoms with Crippen LogP contribution >= 0.6 is 0 Å². The first-order chi connectivity index (χ1) is 14.2. The number of nitrogens with zero attached hydrogens (tertiary/aromatic N) is 1. The third kappa shape index (κ3) is 5.67. The molecule has 0 spiro atoms. The highest BCUT2D eigenvalue weighted by molar-refractivity contribution is 5.86. The number of aromatic nitrogens is 2. The van der Waals surface area contributed by atoms with Gasteiger partial charge in [0.25, 0.3) is 0 Å². The van der Waals surface area contributed by atoms with Gasteiger partial charge in [0.1, 0.15) is 0 Å². The van der Waals surface area contributed by atoms with E-state index in [4.69, 9.17) is 5.73 Å². The molecule has 1 aromatic heterocycles. The van der Waals surface area contributed by atoms with Crippen LogP contribution in [-0.2, 0) is 23.8 Å². The van der Waals surface area contributed by atoms with Gasteiger partial charge >= 0.3 is 6.18 Å². The Labute approximate surface area is 172 Å². The lowest BCUT2D eigenvalue weighted by atomic mass is 9.98. The number of alkyl halides is 3. The zero-order valence-corrected chi connectivity index (χ0v) is 16.4. The number of H-pyrrole nitrogens is 1. The fraction of sp³-hybridized carbons (Fsp3) is 0.217. The zero-order chi connectivity index (χ0) is 21.7. The van der Waals surface area contributed by atoms with E-state index < -0.39 is 17.8 Å². The lowest BCUT2D eigenvalue weighted by Gasteiger charge is -2.10. The molecule has 0 fully saturated rings. The molecule has 3 aromatic rings. The van der Waals surface area contributed by atoms with Crippen molar-refractivity contribution in [1.29, 1.82) is 0 Å². The molecule has 3 N–H and O–H groups in total. The van der Waals surface area contributed by atoms with E-state index in [0.29, 0.717) is 12.0 Å². The van der Waals surface area contributed by atoms with Crippen LogP contribution in [-0.4, -0.2) is 21.8 Å². The van der Waals surface area contributed by atoms with Gasteiger partial charge in [0.2, 0.25) is 0 Å². The van der Waals surface area contributed by atoms with Gasteiger partial charge in [-0.2, -0.15) is 13.2 Å². The van der Waals surface area contributed by atoms with Crippen molar-refractivity contribution < 1.29 is 18.0 Å². The molecule has 0 unspecified atom stereocenters. The Balaban J connectivity index is 1.63. The molecular formula is C23H22F3N3O. The molecule has 0 aliphatic heterocycles. The van der Waals surface area contributed by atoms with Crippen LogP contribution in [0, 0.1) is 0 Å². The highest BCUT2D eigenvalue weighted by Gasteiger charge is 2.29. The number of carbonyl (C=O) groups excluding carboxylic acids is 1.